The molecule has 16 heteroatoms. The molecule has 0 spiro atoms. The van der Waals surface area contributed by atoms with Gasteiger partial charge in [-0.2, -0.15) is 10.2 Å². The minimum atomic E-state index is -3.96. The van der Waals surface area contributed by atoms with Crippen LogP contribution >= 0.6 is 0 Å². The summed E-state index contributed by atoms with van der Waals surface area (Å²) in [5.41, 5.74) is 4.46. The van der Waals surface area contributed by atoms with E-state index in [1.54, 1.807) is 48.7 Å². The molecule has 0 aliphatic heterocycles. The van der Waals surface area contributed by atoms with Crippen LogP contribution < -0.4 is 24.8 Å². The van der Waals surface area contributed by atoms with Gasteiger partial charge in [-0.15, -0.1) is 10.2 Å². The van der Waals surface area contributed by atoms with Gasteiger partial charge >= 0.3 is 6.01 Å². The van der Waals surface area contributed by atoms with Crippen LogP contribution in [0.25, 0.3) is 33.4 Å². The lowest BCUT2D eigenvalue weighted by molar-refractivity contribution is 0.353. The zero-order valence-electron chi connectivity index (χ0n) is 25.0. The highest BCUT2D eigenvalue weighted by atomic mass is 32.2. The van der Waals surface area contributed by atoms with E-state index in [4.69, 9.17) is 9.47 Å². The number of aromatic nitrogens is 7. The van der Waals surface area contributed by atoms with Crippen molar-refractivity contribution in [1.82, 2.24) is 40.3 Å². The molecule has 3 aromatic carbocycles. The number of sulfonamides is 1. The van der Waals surface area contributed by atoms with Crippen molar-refractivity contribution in [1.29, 1.82) is 0 Å². The van der Waals surface area contributed by atoms with Gasteiger partial charge in [-0.25, -0.2) is 22.5 Å². The smallest absolute Gasteiger partial charge is 0.319 e. The number of rotatable bonds is 11. The van der Waals surface area contributed by atoms with Crippen molar-refractivity contribution in [3.05, 3.63) is 78.9 Å². The zero-order chi connectivity index (χ0) is 32.5. The number of fused-ring (bicyclic) bond motifs is 1. The Bertz CT molecular complexity index is 2200. The number of hydrogen-bond donors (Lipinski definition) is 4. The zero-order valence-corrected chi connectivity index (χ0v) is 25.8. The third-order valence-corrected chi connectivity index (χ3v) is 8.91. The highest BCUT2D eigenvalue weighted by Gasteiger charge is 2.30. The lowest BCUT2D eigenvalue weighted by atomic mass is 10.0. The van der Waals surface area contributed by atoms with Crippen LogP contribution in [0, 0.1) is 5.82 Å². The molecule has 4 N–H and O–H groups in total. The molecular formula is C31H27FN10O4S. The molecule has 0 saturated heterocycles. The van der Waals surface area contributed by atoms with Crippen LogP contribution in [-0.2, 0) is 10.0 Å². The van der Waals surface area contributed by atoms with E-state index in [2.05, 4.69) is 50.9 Å². The van der Waals surface area contributed by atoms with E-state index in [0.29, 0.717) is 62.0 Å². The van der Waals surface area contributed by atoms with E-state index >= 15 is 0 Å². The molecule has 1 saturated carbocycles. The summed E-state index contributed by atoms with van der Waals surface area (Å²) in [5, 5.41) is 21.5. The number of nitrogens with zero attached hydrogens (tertiary/aromatic N) is 6. The van der Waals surface area contributed by atoms with Crippen LogP contribution in [0.2, 0.25) is 0 Å². The summed E-state index contributed by atoms with van der Waals surface area (Å²) in [6.45, 7) is 0. The molecule has 3 heterocycles. The Morgan fingerprint density at radius 1 is 0.872 bits per heavy atom. The van der Waals surface area contributed by atoms with E-state index in [1.165, 1.54) is 32.5 Å². The lowest BCUT2D eigenvalue weighted by Crippen LogP contribution is -2.26. The van der Waals surface area contributed by atoms with Gasteiger partial charge in [0, 0.05) is 46.4 Å². The van der Waals surface area contributed by atoms with Gasteiger partial charge in [-0.3, -0.25) is 4.98 Å². The normalized spacial score (nSPS) is 13.0. The fraction of sp³-hybridized carbons (Fsp3) is 0.161. The second-order valence-electron chi connectivity index (χ2n) is 10.7. The Morgan fingerprint density at radius 3 is 2.36 bits per heavy atom. The van der Waals surface area contributed by atoms with Crippen LogP contribution in [0.4, 0.5) is 27.1 Å². The second-order valence-corrected chi connectivity index (χ2v) is 12.4. The molecule has 238 valence electrons. The van der Waals surface area contributed by atoms with Crippen molar-refractivity contribution in [2.45, 2.75) is 23.8 Å². The number of pyridine rings is 1. The molecule has 1 aliphatic rings. The number of ether oxygens (including phenoxy) is 2. The fourth-order valence-electron chi connectivity index (χ4n) is 4.99. The molecule has 1 aliphatic carbocycles. The van der Waals surface area contributed by atoms with Crippen LogP contribution in [0.1, 0.15) is 12.8 Å². The number of tetrazole rings is 1. The van der Waals surface area contributed by atoms with Crippen molar-refractivity contribution >= 4 is 43.7 Å². The first kappa shape index (κ1) is 29.9. The molecule has 1 fully saturated rings. The van der Waals surface area contributed by atoms with Crippen LogP contribution in [0.5, 0.6) is 11.9 Å². The summed E-state index contributed by atoms with van der Waals surface area (Å²) in [4.78, 5) is 13.0. The fourth-order valence-corrected chi connectivity index (χ4v) is 6.41. The summed E-state index contributed by atoms with van der Waals surface area (Å²) < 4.78 is 54.2. The van der Waals surface area contributed by atoms with Gasteiger partial charge < -0.3 is 20.1 Å². The number of hydrogen-bond acceptors (Lipinski definition) is 12. The average Bonchev–Trinajstić information content (AvgIpc) is 3.70. The SMILES string of the molecule is COc1ncc(-c2ccc3c(Nc4cc(Nc5ccc(F)cc5)cc(-c5nn[nH]n5)c4)c(S(=O)(=O)NC4CC4)cnc3c2)c(OC)n1. The van der Waals surface area contributed by atoms with Crippen molar-refractivity contribution in [2.24, 2.45) is 0 Å². The molecule has 0 bridgehead atoms. The first-order valence-corrected chi connectivity index (χ1v) is 15.9. The number of benzene rings is 3. The second kappa shape index (κ2) is 12.2. The summed E-state index contributed by atoms with van der Waals surface area (Å²) >= 11 is 0. The highest BCUT2D eigenvalue weighted by molar-refractivity contribution is 7.89. The van der Waals surface area contributed by atoms with E-state index < -0.39 is 10.0 Å². The maximum atomic E-state index is 13.6. The maximum absolute atomic E-state index is 13.6. The van der Waals surface area contributed by atoms with E-state index in [1.807, 2.05) is 6.07 Å². The molecule has 0 amide bonds. The quantitative estimate of drug-likeness (QED) is 0.148. The van der Waals surface area contributed by atoms with Crippen molar-refractivity contribution < 1.29 is 22.3 Å². The average molecular weight is 655 g/mol. The lowest BCUT2D eigenvalue weighted by Gasteiger charge is -2.18. The van der Waals surface area contributed by atoms with E-state index in [-0.39, 0.29) is 22.8 Å². The van der Waals surface area contributed by atoms with Crippen molar-refractivity contribution in [3.8, 4) is 34.4 Å². The van der Waals surface area contributed by atoms with Gasteiger partial charge in [0.2, 0.25) is 21.7 Å². The Morgan fingerprint density at radius 2 is 1.66 bits per heavy atom. The van der Waals surface area contributed by atoms with Crippen molar-refractivity contribution in [3.63, 3.8) is 0 Å². The summed E-state index contributed by atoms with van der Waals surface area (Å²) in [7, 11) is -0.993. The molecule has 0 radical (unpaired) electrons. The van der Waals surface area contributed by atoms with Crippen LogP contribution in [0.3, 0.4) is 0 Å². The van der Waals surface area contributed by atoms with Gasteiger partial charge in [0.05, 0.1) is 31.0 Å². The summed E-state index contributed by atoms with van der Waals surface area (Å²) in [5.74, 6) is 0.262. The molecule has 7 rings (SSSR count). The third kappa shape index (κ3) is 6.36. The molecule has 6 aromatic rings. The highest BCUT2D eigenvalue weighted by Crippen LogP contribution is 2.38. The Hall–Kier alpha value is -5.74. The van der Waals surface area contributed by atoms with E-state index in [0.717, 1.165) is 12.8 Å². The first-order chi connectivity index (χ1) is 22.8. The summed E-state index contributed by atoms with van der Waals surface area (Å²) in [6.07, 6.45) is 4.46. The standard InChI is InChI=1S/C31H27FN10O4S/c1-45-30-25(15-34-31(37-30)46-2)17-3-10-24-26(13-17)33-16-27(47(43,44)40-21-8-9-21)28(24)36-23-12-18(29-38-41-42-39-29)11-22(14-23)35-20-6-4-19(32)5-7-20/h3-7,10-16,21,35,40H,8-9H2,1-2H3,(H,33,36)(H,38,39,41,42). The number of aromatic amines is 1. The number of methoxy groups -OCH3 is 2. The molecule has 47 heavy (non-hydrogen) atoms. The van der Waals surface area contributed by atoms with Gasteiger partial charge in [-0.1, -0.05) is 12.1 Å². The topological polar surface area (TPSA) is 182 Å². The molecule has 14 nitrogen and oxygen atoms in total. The van der Waals surface area contributed by atoms with Gasteiger partial charge in [0.15, 0.2) is 0 Å². The molecular weight excluding hydrogens is 627 g/mol. The van der Waals surface area contributed by atoms with Crippen molar-refractivity contribution in [2.75, 3.05) is 24.9 Å². The Kier molecular flexibility index (Phi) is 7.79. The maximum Gasteiger partial charge on any atom is 0.319 e. The predicted molar refractivity (Wildman–Crippen MR) is 172 cm³/mol. The monoisotopic (exact) mass is 654 g/mol. The summed E-state index contributed by atoms with van der Waals surface area (Å²) in [6, 6.07) is 16.7. The number of halogens is 1. The Balaban J connectivity index is 1.35. The Labute approximate surface area is 267 Å². The molecule has 0 atom stereocenters. The predicted octanol–water partition coefficient (Wildman–Crippen LogP) is 4.96. The minimum absolute atomic E-state index is 0.0204. The number of H-pyrrole nitrogens is 1. The van der Waals surface area contributed by atoms with E-state index in [9.17, 15) is 12.8 Å². The van der Waals surface area contributed by atoms with Gasteiger partial charge in [0.1, 0.15) is 10.7 Å². The molecule has 0 unspecified atom stereocenters. The molecule has 3 aromatic heterocycles. The number of nitrogens with one attached hydrogen (secondary N) is 4. The van der Waals surface area contributed by atoms with Gasteiger partial charge in [0.25, 0.3) is 0 Å². The van der Waals surface area contributed by atoms with Crippen LogP contribution in [-0.4, -0.2) is 64.3 Å². The minimum Gasteiger partial charge on any atom is -0.480 e. The number of anilines is 4. The third-order valence-electron chi connectivity index (χ3n) is 7.38. The van der Waals surface area contributed by atoms with Crippen LogP contribution in [0.15, 0.2) is 78.0 Å². The van der Waals surface area contributed by atoms with Gasteiger partial charge in [-0.05, 0) is 72.1 Å². The first-order valence-electron chi connectivity index (χ1n) is 14.4. The largest absolute Gasteiger partial charge is 0.480 e.